The summed E-state index contributed by atoms with van der Waals surface area (Å²) in [5.74, 6) is 4.09. The lowest BCUT2D eigenvalue weighted by atomic mass is 9.99. The quantitative estimate of drug-likeness (QED) is 0.679. The molecule has 0 spiro atoms. The van der Waals surface area contributed by atoms with Crippen LogP contribution in [0.1, 0.15) is 5.56 Å². The molecule has 0 atom stereocenters. The summed E-state index contributed by atoms with van der Waals surface area (Å²) < 4.78 is 30.9. The SMILES string of the molecule is C#Cc1cc(NS(C)(=O)=O)ccc1-c1ccc(Oc2ccccc2)cc1. The normalized spacial score (nSPS) is 10.8. The number of terminal acetylenes is 1. The van der Waals surface area contributed by atoms with E-state index in [0.29, 0.717) is 11.3 Å². The molecule has 130 valence electrons. The number of hydrogen-bond donors (Lipinski definition) is 1. The maximum Gasteiger partial charge on any atom is 0.229 e. The van der Waals surface area contributed by atoms with Gasteiger partial charge in [-0.3, -0.25) is 4.72 Å². The van der Waals surface area contributed by atoms with Gasteiger partial charge >= 0.3 is 0 Å². The molecule has 0 aliphatic rings. The average Bonchev–Trinajstić information content (AvgIpc) is 2.62. The second kappa shape index (κ2) is 7.34. The van der Waals surface area contributed by atoms with Crippen molar-refractivity contribution < 1.29 is 13.2 Å². The van der Waals surface area contributed by atoms with E-state index in [-0.39, 0.29) is 0 Å². The minimum atomic E-state index is -3.35. The van der Waals surface area contributed by atoms with Crippen LogP contribution in [0.3, 0.4) is 0 Å². The van der Waals surface area contributed by atoms with Gasteiger partial charge in [-0.05, 0) is 47.5 Å². The maximum absolute atomic E-state index is 11.4. The third kappa shape index (κ3) is 4.44. The van der Waals surface area contributed by atoms with Crippen molar-refractivity contribution in [3.63, 3.8) is 0 Å². The van der Waals surface area contributed by atoms with Gasteiger partial charge in [-0.15, -0.1) is 6.42 Å². The fraction of sp³-hybridized carbons (Fsp3) is 0.0476. The summed E-state index contributed by atoms with van der Waals surface area (Å²) in [7, 11) is -3.35. The molecule has 0 fully saturated rings. The van der Waals surface area contributed by atoms with Gasteiger partial charge < -0.3 is 4.74 Å². The lowest BCUT2D eigenvalue weighted by Crippen LogP contribution is -2.09. The molecule has 3 aromatic carbocycles. The topological polar surface area (TPSA) is 55.4 Å². The highest BCUT2D eigenvalue weighted by Crippen LogP contribution is 2.29. The Labute approximate surface area is 153 Å². The summed E-state index contributed by atoms with van der Waals surface area (Å²) in [4.78, 5) is 0. The maximum atomic E-state index is 11.4. The fourth-order valence-electron chi connectivity index (χ4n) is 2.52. The Morgan fingerprint density at radius 2 is 1.58 bits per heavy atom. The van der Waals surface area contributed by atoms with E-state index in [2.05, 4.69) is 10.6 Å². The third-order valence-electron chi connectivity index (χ3n) is 3.62. The first kappa shape index (κ1) is 17.6. The lowest BCUT2D eigenvalue weighted by Gasteiger charge is -2.10. The van der Waals surface area contributed by atoms with Crippen LogP contribution in [-0.2, 0) is 10.0 Å². The van der Waals surface area contributed by atoms with Crippen molar-refractivity contribution in [3.8, 4) is 35.0 Å². The predicted octanol–water partition coefficient (Wildman–Crippen LogP) is 4.50. The molecule has 0 unspecified atom stereocenters. The zero-order valence-corrected chi connectivity index (χ0v) is 15.0. The van der Waals surface area contributed by atoms with Gasteiger partial charge in [-0.1, -0.05) is 42.3 Å². The van der Waals surface area contributed by atoms with Gasteiger partial charge in [0.15, 0.2) is 0 Å². The first-order valence-corrected chi connectivity index (χ1v) is 9.75. The van der Waals surface area contributed by atoms with Gasteiger partial charge in [0, 0.05) is 11.3 Å². The van der Waals surface area contributed by atoms with Crippen LogP contribution in [0, 0.1) is 12.3 Å². The molecule has 0 amide bonds. The monoisotopic (exact) mass is 363 g/mol. The first-order valence-electron chi connectivity index (χ1n) is 7.86. The summed E-state index contributed by atoms with van der Waals surface area (Å²) >= 11 is 0. The summed E-state index contributed by atoms with van der Waals surface area (Å²) in [5.41, 5.74) is 2.81. The van der Waals surface area contributed by atoms with E-state index in [0.717, 1.165) is 28.9 Å². The molecule has 1 N–H and O–H groups in total. The number of sulfonamides is 1. The molecule has 3 rings (SSSR count). The zero-order valence-electron chi connectivity index (χ0n) is 14.1. The second-order valence-electron chi connectivity index (χ2n) is 5.72. The van der Waals surface area contributed by atoms with E-state index < -0.39 is 10.0 Å². The Kier molecular flexibility index (Phi) is 4.97. The van der Waals surface area contributed by atoms with Crippen molar-refractivity contribution >= 4 is 15.7 Å². The Bertz CT molecular complexity index is 1050. The van der Waals surface area contributed by atoms with Crippen LogP contribution < -0.4 is 9.46 Å². The summed E-state index contributed by atoms with van der Waals surface area (Å²) in [6.07, 6.45) is 6.70. The largest absolute Gasteiger partial charge is 0.457 e. The van der Waals surface area contributed by atoms with Crippen molar-refractivity contribution in [2.75, 3.05) is 11.0 Å². The highest BCUT2D eigenvalue weighted by Gasteiger charge is 2.08. The first-order chi connectivity index (χ1) is 12.4. The van der Waals surface area contributed by atoms with Crippen LogP contribution in [0.2, 0.25) is 0 Å². The van der Waals surface area contributed by atoms with Gasteiger partial charge in [-0.25, -0.2) is 8.42 Å². The fourth-order valence-corrected chi connectivity index (χ4v) is 3.08. The molecular weight excluding hydrogens is 346 g/mol. The van der Waals surface area contributed by atoms with E-state index >= 15 is 0 Å². The van der Waals surface area contributed by atoms with Gasteiger partial charge in [0.05, 0.1) is 6.26 Å². The Hall–Kier alpha value is -3.23. The minimum absolute atomic E-state index is 0.438. The van der Waals surface area contributed by atoms with Crippen molar-refractivity contribution in [2.45, 2.75) is 0 Å². The molecule has 0 saturated heterocycles. The van der Waals surface area contributed by atoms with E-state index in [1.165, 1.54) is 0 Å². The van der Waals surface area contributed by atoms with Crippen molar-refractivity contribution in [2.24, 2.45) is 0 Å². The van der Waals surface area contributed by atoms with Gasteiger partial charge in [-0.2, -0.15) is 0 Å². The van der Waals surface area contributed by atoms with Gasteiger partial charge in [0.1, 0.15) is 11.5 Å². The van der Waals surface area contributed by atoms with Crippen LogP contribution >= 0.6 is 0 Å². The number of para-hydroxylation sites is 1. The number of nitrogens with one attached hydrogen (secondary N) is 1. The smallest absolute Gasteiger partial charge is 0.229 e. The third-order valence-corrected chi connectivity index (χ3v) is 4.23. The molecule has 0 bridgehead atoms. The molecule has 0 aliphatic carbocycles. The molecule has 0 saturated carbocycles. The number of ether oxygens (including phenoxy) is 1. The zero-order chi connectivity index (χ0) is 18.6. The highest BCUT2D eigenvalue weighted by molar-refractivity contribution is 7.92. The van der Waals surface area contributed by atoms with Crippen molar-refractivity contribution in [1.29, 1.82) is 0 Å². The van der Waals surface area contributed by atoms with Crippen molar-refractivity contribution in [3.05, 3.63) is 78.4 Å². The second-order valence-corrected chi connectivity index (χ2v) is 7.47. The number of rotatable bonds is 5. The van der Waals surface area contributed by atoms with Crippen molar-refractivity contribution in [1.82, 2.24) is 0 Å². The van der Waals surface area contributed by atoms with Crippen LogP contribution in [0.25, 0.3) is 11.1 Å². The molecule has 5 heteroatoms. The molecule has 26 heavy (non-hydrogen) atoms. The number of benzene rings is 3. The predicted molar refractivity (Wildman–Crippen MR) is 105 cm³/mol. The Balaban J connectivity index is 1.86. The molecule has 4 nitrogen and oxygen atoms in total. The summed E-state index contributed by atoms with van der Waals surface area (Å²) in [5, 5.41) is 0. The lowest BCUT2D eigenvalue weighted by molar-refractivity contribution is 0.483. The molecule has 0 aliphatic heterocycles. The van der Waals surface area contributed by atoms with E-state index in [1.807, 2.05) is 54.6 Å². The highest BCUT2D eigenvalue weighted by atomic mass is 32.2. The van der Waals surface area contributed by atoms with Gasteiger partial charge in [0.25, 0.3) is 0 Å². The van der Waals surface area contributed by atoms with Crippen LogP contribution in [-0.4, -0.2) is 14.7 Å². The molecular formula is C21H17NO3S. The van der Waals surface area contributed by atoms with Crippen LogP contribution in [0.5, 0.6) is 11.5 Å². The molecule has 3 aromatic rings. The van der Waals surface area contributed by atoms with Crippen LogP contribution in [0.15, 0.2) is 72.8 Å². The molecule has 0 radical (unpaired) electrons. The Morgan fingerprint density at radius 1 is 0.923 bits per heavy atom. The molecule has 0 aromatic heterocycles. The summed E-state index contributed by atoms with van der Waals surface area (Å²) in [6, 6.07) is 22.2. The van der Waals surface area contributed by atoms with Gasteiger partial charge in [0.2, 0.25) is 10.0 Å². The number of hydrogen-bond acceptors (Lipinski definition) is 3. The average molecular weight is 363 g/mol. The van der Waals surface area contributed by atoms with Crippen LogP contribution in [0.4, 0.5) is 5.69 Å². The van der Waals surface area contributed by atoms with E-state index in [4.69, 9.17) is 11.2 Å². The number of anilines is 1. The summed E-state index contributed by atoms with van der Waals surface area (Å²) in [6.45, 7) is 0. The van der Waals surface area contributed by atoms with E-state index in [9.17, 15) is 8.42 Å². The minimum Gasteiger partial charge on any atom is -0.457 e. The standard InChI is InChI=1S/C21H17NO3S/c1-3-16-15-18(22-26(2,23)24)11-14-21(16)17-9-12-20(13-10-17)25-19-7-5-4-6-8-19/h1,4-15,22H,2H3. The molecule has 0 heterocycles. The Morgan fingerprint density at radius 3 is 2.19 bits per heavy atom. The van der Waals surface area contributed by atoms with E-state index in [1.54, 1.807) is 18.2 Å².